The Balaban J connectivity index is 1.51. The zero-order valence-corrected chi connectivity index (χ0v) is 13.9. The summed E-state index contributed by atoms with van der Waals surface area (Å²) in [5.74, 6) is -0.286. The lowest BCUT2D eigenvalue weighted by Gasteiger charge is -2.08. The first-order valence-corrected chi connectivity index (χ1v) is 8.11. The number of hydrogen-bond acceptors (Lipinski definition) is 3. The van der Waals surface area contributed by atoms with Crippen LogP contribution in [-0.4, -0.2) is 17.4 Å². The van der Waals surface area contributed by atoms with Crippen LogP contribution in [-0.2, 0) is 6.42 Å². The Morgan fingerprint density at radius 3 is 2.15 bits per heavy atom. The van der Waals surface area contributed by atoms with Crippen LogP contribution in [0.3, 0.4) is 0 Å². The Hall–Kier alpha value is -3.28. The van der Waals surface area contributed by atoms with Crippen LogP contribution in [0.25, 0.3) is 0 Å². The molecule has 4 nitrogen and oxygen atoms in total. The molecule has 3 rings (SSSR count). The van der Waals surface area contributed by atoms with Crippen LogP contribution in [0.4, 0.5) is 20.3 Å². The predicted molar refractivity (Wildman–Crippen MR) is 97.2 cm³/mol. The molecule has 0 aliphatic heterocycles. The van der Waals surface area contributed by atoms with Gasteiger partial charge in [-0.25, -0.2) is 13.8 Å². The number of halogens is 2. The van der Waals surface area contributed by atoms with Crippen molar-refractivity contribution in [2.45, 2.75) is 6.42 Å². The SMILES string of the molecule is O=C(Nc1ccc(F)cc1)c1ccc(NCCc2ccc(F)cc2)nc1. The number of rotatable bonds is 6. The lowest BCUT2D eigenvalue weighted by atomic mass is 10.1. The summed E-state index contributed by atoms with van der Waals surface area (Å²) in [5.41, 5.74) is 1.94. The maximum Gasteiger partial charge on any atom is 0.257 e. The molecule has 0 bridgehead atoms. The van der Waals surface area contributed by atoms with Crippen LogP contribution in [0, 0.1) is 11.6 Å². The van der Waals surface area contributed by atoms with Gasteiger partial charge in [-0.1, -0.05) is 12.1 Å². The van der Waals surface area contributed by atoms with Crippen molar-refractivity contribution in [2.75, 3.05) is 17.2 Å². The van der Waals surface area contributed by atoms with E-state index in [1.165, 1.54) is 42.6 Å². The number of aromatic nitrogens is 1. The molecule has 132 valence electrons. The van der Waals surface area contributed by atoms with Crippen molar-refractivity contribution in [3.63, 3.8) is 0 Å². The summed E-state index contributed by atoms with van der Waals surface area (Å²) in [6.45, 7) is 0.639. The second kappa shape index (κ2) is 8.20. The van der Waals surface area contributed by atoms with Gasteiger partial charge in [-0.2, -0.15) is 0 Å². The van der Waals surface area contributed by atoms with Gasteiger partial charge in [0.15, 0.2) is 0 Å². The first-order chi connectivity index (χ1) is 12.6. The van der Waals surface area contributed by atoms with E-state index in [2.05, 4.69) is 15.6 Å². The fraction of sp³-hybridized carbons (Fsp3) is 0.100. The van der Waals surface area contributed by atoms with E-state index in [1.54, 1.807) is 24.3 Å². The maximum absolute atomic E-state index is 12.9. The standard InChI is InChI=1S/C20H17F2N3O/c21-16-4-1-14(2-5-16)11-12-23-19-10-3-15(13-24-19)20(26)25-18-8-6-17(22)7-9-18/h1-10,13H,11-12H2,(H,23,24)(H,25,26). The molecular formula is C20H17F2N3O. The fourth-order valence-corrected chi connectivity index (χ4v) is 2.36. The number of amides is 1. The first kappa shape index (κ1) is 17.5. The highest BCUT2D eigenvalue weighted by molar-refractivity contribution is 6.04. The maximum atomic E-state index is 12.9. The van der Waals surface area contributed by atoms with Crippen molar-refractivity contribution >= 4 is 17.4 Å². The number of hydrogen-bond donors (Lipinski definition) is 2. The van der Waals surface area contributed by atoms with E-state index in [9.17, 15) is 13.6 Å². The van der Waals surface area contributed by atoms with Crippen LogP contribution in [0.15, 0.2) is 66.9 Å². The Morgan fingerprint density at radius 1 is 0.885 bits per heavy atom. The average molecular weight is 353 g/mol. The van der Waals surface area contributed by atoms with Crippen LogP contribution >= 0.6 is 0 Å². The van der Waals surface area contributed by atoms with Gasteiger partial charge in [0.05, 0.1) is 5.56 Å². The van der Waals surface area contributed by atoms with Crippen LogP contribution < -0.4 is 10.6 Å². The molecular weight excluding hydrogens is 336 g/mol. The molecule has 3 aromatic rings. The summed E-state index contributed by atoms with van der Waals surface area (Å²) in [5, 5.41) is 5.83. The Morgan fingerprint density at radius 2 is 1.54 bits per heavy atom. The molecule has 1 amide bonds. The molecule has 0 atom stereocenters. The van der Waals surface area contributed by atoms with Gasteiger partial charge in [-0.3, -0.25) is 4.79 Å². The first-order valence-electron chi connectivity index (χ1n) is 8.11. The van der Waals surface area contributed by atoms with Gasteiger partial charge < -0.3 is 10.6 Å². The number of benzene rings is 2. The number of nitrogens with one attached hydrogen (secondary N) is 2. The summed E-state index contributed by atoms with van der Waals surface area (Å²) in [6.07, 6.45) is 2.20. The molecule has 0 spiro atoms. The largest absolute Gasteiger partial charge is 0.370 e. The molecule has 0 saturated carbocycles. The van der Waals surface area contributed by atoms with Crippen molar-refractivity contribution in [1.82, 2.24) is 4.98 Å². The van der Waals surface area contributed by atoms with Crippen molar-refractivity contribution in [1.29, 1.82) is 0 Å². The minimum absolute atomic E-state index is 0.252. The van der Waals surface area contributed by atoms with Crippen molar-refractivity contribution in [3.05, 3.63) is 89.6 Å². The van der Waals surface area contributed by atoms with E-state index in [0.717, 1.165) is 12.0 Å². The van der Waals surface area contributed by atoms with Crippen molar-refractivity contribution in [2.24, 2.45) is 0 Å². The lowest BCUT2D eigenvalue weighted by molar-refractivity contribution is 0.102. The second-order valence-corrected chi connectivity index (χ2v) is 5.70. The molecule has 0 fully saturated rings. The lowest BCUT2D eigenvalue weighted by Crippen LogP contribution is -2.13. The second-order valence-electron chi connectivity index (χ2n) is 5.70. The molecule has 1 heterocycles. The van der Waals surface area contributed by atoms with Crippen LogP contribution in [0.1, 0.15) is 15.9 Å². The summed E-state index contributed by atoms with van der Waals surface area (Å²) in [7, 11) is 0. The number of anilines is 2. The van der Waals surface area contributed by atoms with Gasteiger partial charge in [0, 0.05) is 18.4 Å². The smallest absolute Gasteiger partial charge is 0.257 e. The minimum Gasteiger partial charge on any atom is -0.370 e. The zero-order valence-electron chi connectivity index (χ0n) is 13.9. The minimum atomic E-state index is -0.360. The van der Waals surface area contributed by atoms with E-state index in [4.69, 9.17) is 0 Å². The Bertz CT molecular complexity index is 863. The normalized spacial score (nSPS) is 10.4. The van der Waals surface area contributed by atoms with E-state index >= 15 is 0 Å². The highest BCUT2D eigenvalue weighted by Crippen LogP contribution is 2.12. The van der Waals surface area contributed by atoms with Gasteiger partial charge in [-0.05, 0) is 60.5 Å². The van der Waals surface area contributed by atoms with Gasteiger partial charge in [0.25, 0.3) is 5.91 Å². The van der Waals surface area contributed by atoms with E-state index in [1.807, 2.05) is 0 Å². The third-order valence-corrected chi connectivity index (χ3v) is 3.76. The van der Waals surface area contributed by atoms with E-state index in [0.29, 0.717) is 23.6 Å². The molecule has 2 aromatic carbocycles. The topological polar surface area (TPSA) is 54.0 Å². The van der Waals surface area contributed by atoms with Gasteiger partial charge in [-0.15, -0.1) is 0 Å². The fourth-order valence-electron chi connectivity index (χ4n) is 2.36. The van der Waals surface area contributed by atoms with E-state index in [-0.39, 0.29) is 17.5 Å². The quantitative estimate of drug-likeness (QED) is 0.696. The molecule has 1 aromatic heterocycles. The summed E-state index contributed by atoms with van der Waals surface area (Å²) < 4.78 is 25.7. The molecule has 0 radical (unpaired) electrons. The Labute approximate surface area is 149 Å². The monoisotopic (exact) mass is 353 g/mol. The van der Waals surface area contributed by atoms with E-state index < -0.39 is 0 Å². The summed E-state index contributed by atoms with van der Waals surface area (Å²) in [4.78, 5) is 16.3. The third kappa shape index (κ3) is 4.86. The average Bonchev–Trinajstić information content (AvgIpc) is 2.66. The highest BCUT2D eigenvalue weighted by Gasteiger charge is 2.07. The van der Waals surface area contributed by atoms with Crippen molar-refractivity contribution in [3.8, 4) is 0 Å². The van der Waals surface area contributed by atoms with Crippen LogP contribution in [0.2, 0.25) is 0 Å². The molecule has 0 saturated heterocycles. The number of pyridine rings is 1. The number of carbonyl (C=O) groups is 1. The van der Waals surface area contributed by atoms with Gasteiger partial charge in [0.2, 0.25) is 0 Å². The third-order valence-electron chi connectivity index (χ3n) is 3.76. The summed E-state index contributed by atoms with van der Waals surface area (Å²) in [6, 6.07) is 15.3. The number of carbonyl (C=O) groups excluding carboxylic acids is 1. The number of nitrogens with zero attached hydrogens (tertiary/aromatic N) is 1. The van der Waals surface area contributed by atoms with Crippen LogP contribution in [0.5, 0.6) is 0 Å². The van der Waals surface area contributed by atoms with Crippen molar-refractivity contribution < 1.29 is 13.6 Å². The molecule has 6 heteroatoms. The predicted octanol–water partition coefficient (Wildman–Crippen LogP) is 4.27. The molecule has 0 aliphatic rings. The van der Waals surface area contributed by atoms with Gasteiger partial charge in [0.1, 0.15) is 17.5 Å². The molecule has 2 N–H and O–H groups in total. The summed E-state index contributed by atoms with van der Waals surface area (Å²) >= 11 is 0. The molecule has 26 heavy (non-hydrogen) atoms. The molecule has 0 unspecified atom stereocenters. The van der Waals surface area contributed by atoms with Gasteiger partial charge >= 0.3 is 0 Å². The molecule has 0 aliphatic carbocycles. The zero-order chi connectivity index (χ0) is 18.4. The highest BCUT2D eigenvalue weighted by atomic mass is 19.1. The Kier molecular flexibility index (Phi) is 5.53.